The molecule has 0 aromatic carbocycles. The molecule has 0 saturated carbocycles. The SMILES string of the molecule is O=C(NC1CCS(=O)(=O)C1)c1ccc(C(F)(F)F)nc1. The number of aromatic nitrogens is 1. The lowest BCUT2D eigenvalue weighted by molar-refractivity contribution is -0.141. The number of carbonyl (C=O) groups excluding carboxylic acids is 1. The quantitative estimate of drug-likeness (QED) is 0.885. The van der Waals surface area contributed by atoms with Gasteiger partial charge in [-0.2, -0.15) is 13.2 Å². The Morgan fingerprint density at radius 1 is 1.35 bits per heavy atom. The molecule has 1 fully saturated rings. The zero-order chi connectivity index (χ0) is 15.0. The van der Waals surface area contributed by atoms with Crippen molar-refractivity contribution in [3.8, 4) is 0 Å². The Morgan fingerprint density at radius 2 is 2.05 bits per heavy atom. The number of hydrogen-bond acceptors (Lipinski definition) is 4. The minimum absolute atomic E-state index is 0.00318. The molecule has 110 valence electrons. The second-order valence-electron chi connectivity index (χ2n) is 4.50. The smallest absolute Gasteiger partial charge is 0.348 e. The first-order valence-corrected chi connectivity index (χ1v) is 7.54. The van der Waals surface area contributed by atoms with Crippen LogP contribution in [0.25, 0.3) is 0 Å². The number of nitrogens with one attached hydrogen (secondary N) is 1. The van der Waals surface area contributed by atoms with Crippen molar-refractivity contribution < 1.29 is 26.4 Å². The molecule has 1 N–H and O–H groups in total. The summed E-state index contributed by atoms with van der Waals surface area (Å²) in [5.41, 5.74) is -1.13. The van der Waals surface area contributed by atoms with Gasteiger partial charge in [-0.15, -0.1) is 0 Å². The second kappa shape index (κ2) is 5.04. The average molecular weight is 308 g/mol. The lowest BCUT2D eigenvalue weighted by Crippen LogP contribution is -2.35. The summed E-state index contributed by atoms with van der Waals surface area (Å²) in [6, 6.07) is 1.21. The van der Waals surface area contributed by atoms with Gasteiger partial charge in [0, 0.05) is 12.2 Å². The third-order valence-electron chi connectivity index (χ3n) is 2.88. The topological polar surface area (TPSA) is 76.1 Å². The summed E-state index contributed by atoms with van der Waals surface area (Å²) in [5.74, 6) is -0.774. The van der Waals surface area contributed by atoms with Gasteiger partial charge in [-0.05, 0) is 18.6 Å². The molecule has 1 aliphatic rings. The maximum absolute atomic E-state index is 12.3. The molecular formula is C11H11F3N2O3S. The predicted octanol–water partition coefficient (Wildman–Crippen LogP) is 1.02. The molecule has 2 rings (SSSR count). The summed E-state index contributed by atoms with van der Waals surface area (Å²) in [7, 11) is -3.13. The molecule has 2 heterocycles. The Morgan fingerprint density at radius 3 is 2.50 bits per heavy atom. The van der Waals surface area contributed by atoms with E-state index in [2.05, 4.69) is 10.3 Å². The van der Waals surface area contributed by atoms with Gasteiger partial charge in [-0.3, -0.25) is 9.78 Å². The van der Waals surface area contributed by atoms with Crippen molar-refractivity contribution >= 4 is 15.7 Å². The Bertz CT molecular complexity index is 611. The van der Waals surface area contributed by atoms with E-state index in [1.807, 2.05) is 0 Å². The van der Waals surface area contributed by atoms with Gasteiger partial charge in [0.05, 0.1) is 17.1 Å². The molecule has 0 radical (unpaired) electrons. The summed E-state index contributed by atoms with van der Waals surface area (Å²) in [6.45, 7) is 0. The van der Waals surface area contributed by atoms with Crippen LogP contribution in [0, 0.1) is 0 Å². The molecule has 1 saturated heterocycles. The summed E-state index contributed by atoms with van der Waals surface area (Å²) >= 11 is 0. The van der Waals surface area contributed by atoms with E-state index in [9.17, 15) is 26.4 Å². The minimum atomic E-state index is -4.56. The van der Waals surface area contributed by atoms with Crippen molar-refractivity contribution in [1.29, 1.82) is 0 Å². The largest absolute Gasteiger partial charge is 0.433 e. The van der Waals surface area contributed by atoms with Crippen LogP contribution < -0.4 is 5.32 Å². The molecule has 1 unspecified atom stereocenters. The molecule has 0 aliphatic carbocycles. The summed E-state index contributed by atoms with van der Waals surface area (Å²) in [4.78, 5) is 14.9. The zero-order valence-electron chi connectivity index (χ0n) is 10.1. The van der Waals surface area contributed by atoms with Crippen LogP contribution in [-0.2, 0) is 16.0 Å². The van der Waals surface area contributed by atoms with Crippen molar-refractivity contribution in [2.45, 2.75) is 18.6 Å². The third-order valence-corrected chi connectivity index (χ3v) is 4.65. The fourth-order valence-electron chi connectivity index (χ4n) is 1.87. The Labute approximate surface area is 113 Å². The van der Waals surface area contributed by atoms with Gasteiger partial charge in [0.1, 0.15) is 5.69 Å². The van der Waals surface area contributed by atoms with Gasteiger partial charge in [0.15, 0.2) is 9.84 Å². The van der Waals surface area contributed by atoms with Gasteiger partial charge in [-0.1, -0.05) is 0 Å². The maximum atomic E-state index is 12.3. The first kappa shape index (κ1) is 14.8. The molecule has 0 bridgehead atoms. The van der Waals surface area contributed by atoms with E-state index < -0.39 is 33.7 Å². The number of pyridine rings is 1. The lowest BCUT2D eigenvalue weighted by Gasteiger charge is -2.11. The minimum Gasteiger partial charge on any atom is -0.348 e. The number of sulfone groups is 1. The van der Waals surface area contributed by atoms with Crippen molar-refractivity contribution in [2.24, 2.45) is 0 Å². The van der Waals surface area contributed by atoms with Crippen molar-refractivity contribution in [2.75, 3.05) is 11.5 Å². The molecule has 1 aliphatic heterocycles. The summed E-state index contributed by atoms with van der Waals surface area (Å²) in [6.07, 6.45) is -3.43. The van der Waals surface area contributed by atoms with Crippen LogP contribution in [0.4, 0.5) is 13.2 Å². The number of amides is 1. The van der Waals surface area contributed by atoms with Crippen LogP contribution in [0.15, 0.2) is 18.3 Å². The molecular weight excluding hydrogens is 297 g/mol. The maximum Gasteiger partial charge on any atom is 0.433 e. The number of nitrogens with zero attached hydrogens (tertiary/aromatic N) is 1. The standard InChI is InChI=1S/C11H11F3N2O3S/c12-11(13,14)9-2-1-7(5-15-9)10(17)16-8-3-4-20(18,19)6-8/h1-2,5,8H,3-4,6H2,(H,16,17). The highest BCUT2D eigenvalue weighted by Gasteiger charge is 2.33. The van der Waals surface area contributed by atoms with Crippen LogP contribution in [-0.4, -0.2) is 36.9 Å². The van der Waals surface area contributed by atoms with Crippen LogP contribution in [0.2, 0.25) is 0 Å². The van der Waals surface area contributed by atoms with Gasteiger partial charge >= 0.3 is 6.18 Å². The first-order valence-electron chi connectivity index (χ1n) is 5.72. The highest BCUT2D eigenvalue weighted by Crippen LogP contribution is 2.27. The van der Waals surface area contributed by atoms with E-state index in [4.69, 9.17) is 0 Å². The molecule has 1 aromatic rings. The zero-order valence-corrected chi connectivity index (χ0v) is 11.0. The number of carbonyl (C=O) groups is 1. The van der Waals surface area contributed by atoms with E-state index in [1.54, 1.807) is 0 Å². The molecule has 0 spiro atoms. The number of halogens is 3. The predicted molar refractivity (Wildman–Crippen MR) is 63.8 cm³/mol. The van der Waals surface area contributed by atoms with E-state index in [-0.39, 0.29) is 17.1 Å². The third kappa shape index (κ3) is 3.47. The van der Waals surface area contributed by atoms with Gasteiger partial charge in [0.2, 0.25) is 0 Å². The van der Waals surface area contributed by atoms with E-state index in [0.29, 0.717) is 12.5 Å². The van der Waals surface area contributed by atoms with E-state index in [1.165, 1.54) is 0 Å². The molecule has 1 aromatic heterocycles. The van der Waals surface area contributed by atoms with Crippen molar-refractivity contribution in [1.82, 2.24) is 10.3 Å². The van der Waals surface area contributed by atoms with Gasteiger partial charge in [0.25, 0.3) is 5.91 Å². The first-order chi connectivity index (χ1) is 9.17. The summed E-state index contributed by atoms with van der Waals surface area (Å²) < 4.78 is 59.4. The van der Waals surface area contributed by atoms with Gasteiger partial charge < -0.3 is 5.32 Å². The normalized spacial score (nSPS) is 21.6. The molecule has 1 amide bonds. The van der Waals surface area contributed by atoms with Crippen molar-refractivity contribution in [3.63, 3.8) is 0 Å². The molecule has 20 heavy (non-hydrogen) atoms. The second-order valence-corrected chi connectivity index (χ2v) is 6.73. The Hall–Kier alpha value is -1.64. The van der Waals surface area contributed by atoms with Crippen LogP contribution in [0.1, 0.15) is 22.5 Å². The highest BCUT2D eigenvalue weighted by molar-refractivity contribution is 7.91. The average Bonchev–Trinajstić information content (AvgIpc) is 2.67. The highest BCUT2D eigenvalue weighted by atomic mass is 32.2. The summed E-state index contributed by atoms with van der Waals surface area (Å²) in [5, 5.41) is 2.47. The van der Waals surface area contributed by atoms with E-state index >= 15 is 0 Å². The molecule has 5 nitrogen and oxygen atoms in total. The number of hydrogen-bond donors (Lipinski definition) is 1. The fraction of sp³-hybridized carbons (Fsp3) is 0.455. The molecule has 1 atom stereocenters. The lowest BCUT2D eigenvalue weighted by atomic mass is 10.2. The van der Waals surface area contributed by atoms with E-state index in [0.717, 1.165) is 12.3 Å². The van der Waals surface area contributed by atoms with Crippen LogP contribution >= 0.6 is 0 Å². The number of rotatable bonds is 2. The van der Waals surface area contributed by atoms with Crippen LogP contribution in [0.5, 0.6) is 0 Å². The number of alkyl halides is 3. The Kier molecular flexibility index (Phi) is 3.72. The fourth-order valence-corrected chi connectivity index (χ4v) is 3.55. The van der Waals surface area contributed by atoms with Crippen LogP contribution in [0.3, 0.4) is 0 Å². The van der Waals surface area contributed by atoms with Gasteiger partial charge in [-0.25, -0.2) is 8.42 Å². The van der Waals surface area contributed by atoms with Crippen molar-refractivity contribution in [3.05, 3.63) is 29.6 Å². The molecule has 9 heteroatoms. The monoisotopic (exact) mass is 308 g/mol. The Balaban J connectivity index is 2.03.